The summed E-state index contributed by atoms with van der Waals surface area (Å²) in [4.78, 5) is 21.0. The van der Waals surface area contributed by atoms with Gasteiger partial charge in [0.25, 0.3) is 0 Å². The van der Waals surface area contributed by atoms with E-state index in [0.717, 1.165) is 10.5 Å². The first-order valence-electron chi connectivity index (χ1n) is 11.6. The predicted octanol–water partition coefficient (Wildman–Crippen LogP) is 5.53. The molecular formula is C26H35NO4SSi. The smallest absolute Gasteiger partial charge is 0.192 e. The van der Waals surface area contributed by atoms with Crippen LogP contribution in [0, 0.1) is 5.92 Å². The van der Waals surface area contributed by atoms with Crippen LogP contribution in [0.5, 0.6) is 0 Å². The van der Waals surface area contributed by atoms with E-state index >= 15 is 0 Å². The van der Waals surface area contributed by atoms with E-state index in [9.17, 15) is 4.79 Å². The van der Waals surface area contributed by atoms with Crippen LogP contribution in [0.15, 0.2) is 65.6 Å². The molecule has 0 spiro atoms. The van der Waals surface area contributed by atoms with Gasteiger partial charge in [-0.1, -0.05) is 81.1 Å². The van der Waals surface area contributed by atoms with Crippen molar-refractivity contribution in [1.29, 1.82) is 0 Å². The maximum Gasteiger partial charge on any atom is 0.192 e. The molecule has 1 unspecified atom stereocenters. The molecule has 0 saturated carbocycles. The van der Waals surface area contributed by atoms with Crippen molar-refractivity contribution in [2.45, 2.75) is 67.9 Å². The lowest BCUT2D eigenvalue weighted by Crippen LogP contribution is -2.64. The topological polar surface area (TPSA) is 48.0 Å². The average Bonchev–Trinajstić information content (AvgIpc) is 2.76. The molecule has 7 heteroatoms. The summed E-state index contributed by atoms with van der Waals surface area (Å²) in [5, 5.41) is 1.90. The van der Waals surface area contributed by atoms with Crippen LogP contribution in [0.3, 0.4) is 0 Å². The summed E-state index contributed by atoms with van der Waals surface area (Å²) in [6.45, 7) is 12.4. The second kappa shape index (κ2) is 10.0. The van der Waals surface area contributed by atoms with Gasteiger partial charge in [-0.15, -0.1) is 0 Å². The third kappa shape index (κ3) is 5.61. The minimum absolute atomic E-state index is 0.0825. The maximum absolute atomic E-state index is 13.7. The first-order valence-corrected chi connectivity index (χ1v) is 15.4. The fraction of sp³-hybridized carbons (Fsp3) is 0.500. The number of hydrogen-bond acceptors (Lipinski definition) is 6. The standard InChI is InChI=1S/C26H35NO4SSi/c1-26(2,3)33(4,5)30-18-22-23-24(28)21(25(31-22)32-20-14-10-7-11-15-20)17-29-27(23)16-19-12-8-6-9-13-19/h6-15,21-23,25H,16-18H2,1-5H3/t21-,22-,23-,25?/m1/s1. The lowest BCUT2D eigenvalue weighted by molar-refractivity contribution is -0.271. The van der Waals surface area contributed by atoms with Crippen molar-refractivity contribution >= 4 is 25.9 Å². The molecule has 2 aromatic carbocycles. The highest BCUT2D eigenvalue weighted by molar-refractivity contribution is 7.99. The zero-order valence-electron chi connectivity index (χ0n) is 20.2. The fourth-order valence-corrected chi connectivity index (χ4v) is 6.08. The third-order valence-electron chi connectivity index (χ3n) is 6.97. The molecule has 0 amide bonds. The highest BCUT2D eigenvalue weighted by Gasteiger charge is 2.52. The highest BCUT2D eigenvalue weighted by atomic mass is 32.2. The molecule has 2 aliphatic heterocycles. The SMILES string of the molecule is CC(C)(C)[Si](C)(C)OC[C@H]1OC(Sc2ccccc2)[C@@H]2CON(Cc3ccccc3)[C@H]1C2=O. The van der Waals surface area contributed by atoms with E-state index in [1.807, 2.05) is 41.5 Å². The van der Waals surface area contributed by atoms with E-state index in [1.165, 1.54) is 0 Å². The van der Waals surface area contributed by atoms with Crippen LogP contribution in [0.25, 0.3) is 0 Å². The van der Waals surface area contributed by atoms with Crippen LogP contribution >= 0.6 is 11.8 Å². The van der Waals surface area contributed by atoms with Crippen LogP contribution < -0.4 is 0 Å². The Kier molecular flexibility index (Phi) is 7.48. The number of fused-ring (bicyclic) bond motifs is 2. The summed E-state index contributed by atoms with van der Waals surface area (Å²) in [5.41, 5.74) is 0.816. The van der Waals surface area contributed by atoms with Gasteiger partial charge in [-0.2, -0.15) is 5.06 Å². The van der Waals surface area contributed by atoms with Crippen molar-refractivity contribution < 1.29 is 18.8 Å². The van der Waals surface area contributed by atoms with Gasteiger partial charge < -0.3 is 9.16 Å². The average molecular weight is 486 g/mol. The molecule has 178 valence electrons. The maximum atomic E-state index is 13.7. The first kappa shape index (κ1) is 24.6. The van der Waals surface area contributed by atoms with Crippen LogP contribution in [0.2, 0.25) is 18.1 Å². The summed E-state index contributed by atoms with van der Waals surface area (Å²) < 4.78 is 13.2. The van der Waals surface area contributed by atoms with Crippen LogP contribution in [0.4, 0.5) is 0 Å². The van der Waals surface area contributed by atoms with E-state index in [1.54, 1.807) is 11.8 Å². The molecule has 33 heavy (non-hydrogen) atoms. The van der Waals surface area contributed by atoms with Gasteiger partial charge in [0.2, 0.25) is 0 Å². The van der Waals surface area contributed by atoms with Gasteiger partial charge in [-0.3, -0.25) is 9.63 Å². The Morgan fingerprint density at radius 3 is 2.33 bits per heavy atom. The van der Waals surface area contributed by atoms with Gasteiger partial charge in [-0.25, -0.2) is 0 Å². The Balaban J connectivity index is 1.56. The molecular weight excluding hydrogens is 450 g/mol. The zero-order chi connectivity index (χ0) is 23.6. The van der Waals surface area contributed by atoms with Crippen molar-refractivity contribution in [3.8, 4) is 0 Å². The fourth-order valence-electron chi connectivity index (χ4n) is 3.91. The Morgan fingerprint density at radius 1 is 1.06 bits per heavy atom. The van der Waals surface area contributed by atoms with E-state index < -0.39 is 14.4 Å². The number of benzene rings is 2. The summed E-state index contributed by atoms with van der Waals surface area (Å²) in [6, 6.07) is 19.8. The van der Waals surface area contributed by atoms with Gasteiger partial charge >= 0.3 is 0 Å². The van der Waals surface area contributed by atoms with Crippen molar-refractivity contribution in [2.75, 3.05) is 13.2 Å². The second-order valence-electron chi connectivity index (χ2n) is 10.4. The number of Topliss-reactive ketones (excluding diaryl/α,β-unsaturated/α-hetero) is 1. The number of ether oxygens (including phenoxy) is 1. The molecule has 0 aliphatic carbocycles. The Morgan fingerprint density at radius 2 is 1.70 bits per heavy atom. The van der Waals surface area contributed by atoms with E-state index in [0.29, 0.717) is 19.8 Å². The number of ketones is 1. The number of hydroxylamine groups is 2. The molecule has 4 rings (SSSR count). The number of hydrogen-bond donors (Lipinski definition) is 0. The number of carbonyl (C=O) groups is 1. The largest absolute Gasteiger partial charge is 0.414 e. The molecule has 2 heterocycles. The normalized spacial score (nSPS) is 26.4. The van der Waals surface area contributed by atoms with Crippen LogP contribution in [-0.2, 0) is 25.3 Å². The minimum atomic E-state index is -2.00. The van der Waals surface area contributed by atoms with Crippen molar-refractivity contribution in [3.63, 3.8) is 0 Å². The lowest BCUT2D eigenvalue weighted by atomic mass is 9.90. The third-order valence-corrected chi connectivity index (χ3v) is 12.7. The summed E-state index contributed by atoms with van der Waals surface area (Å²) in [7, 11) is -2.00. The molecule has 2 aliphatic rings. The number of thioether (sulfide) groups is 1. The number of nitrogens with zero attached hydrogens (tertiary/aromatic N) is 1. The monoisotopic (exact) mass is 485 g/mol. The van der Waals surface area contributed by atoms with Gasteiger partial charge in [0.1, 0.15) is 17.6 Å². The van der Waals surface area contributed by atoms with E-state index in [2.05, 4.69) is 58.1 Å². The van der Waals surface area contributed by atoms with Gasteiger partial charge in [0.05, 0.1) is 25.7 Å². The van der Waals surface area contributed by atoms with E-state index in [-0.39, 0.29) is 28.3 Å². The van der Waals surface area contributed by atoms with Crippen molar-refractivity contribution in [2.24, 2.45) is 5.92 Å². The molecule has 2 saturated heterocycles. The second-order valence-corrected chi connectivity index (χ2v) is 16.3. The molecule has 5 nitrogen and oxygen atoms in total. The molecule has 2 bridgehead atoms. The zero-order valence-corrected chi connectivity index (χ0v) is 22.0. The molecule has 2 aromatic rings. The van der Waals surface area contributed by atoms with Crippen LogP contribution in [-0.4, -0.2) is 50.0 Å². The van der Waals surface area contributed by atoms with Crippen molar-refractivity contribution in [1.82, 2.24) is 5.06 Å². The van der Waals surface area contributed by atoms with Gasteiger partial charge in [-0.05, 0) is 35.8 Å². The van der Waals surface area contributed by atoms with Gasteiger partial charge in [0, 0.05) is 4.90 Å². The quantitative estimate of drug-likeness (QED) is 0.481. The van der Waals surface area contributed by atoms with Gasteiger partial charge in [0.15, 0.2) is 14.1 Å². The summed E-state index contributed by atoms with van der Waals surface area (Å²) >= 11 is 1.60. The first-order chi connectivity index (χ1) is 15.7. The summed E-state index contributed by atoms with van der Waals surface area (Å²) in [5.74, 6) is -0.1000. The predicted molar refractivity (Wildman–Crippen MR) is 134 cm³/mol. The Labute approximate surface area is 202 Å². The Bertz CT molecular complexity index is 895. The molecule has 0 aromatic heterocycles. The van der Waals surface area contributed by atoms with E-state index in [4.69, 9.17) is 14.0 Å². The molecule has 2 fully saturated rings. The minimum Gasteiger partial charge on any atom is -0.414 e. The van der Waals surface area contributed by atoms with Crippen LogP contribution in [0.1, 0.15) is 26.3 Å². The summed E-state index contributed by atoms with van der Waals surface area (Å²) in [6.07, 6.45) is -0.381. The number of carbonyl (C=O) groups excluding carboxylic acids is 1. The van der Waals surface area contributed by atoms with Crippen molar-refractivity contribution in [3.05, 3.63) is 66.2 Å². The Hall–Kier alpha value is -1.48. The molecule has 4 atom stereocenters. The highest BCUT2D eigenvalue weighted by Crippen LogP contribution is 2.41. The molecule has 0 N–H and O–H groups in total. The number of rotatable bonds is 7. The lowest BCUT2D eigenvalue weighted by Gasteiger charge is -2.48. The molecule has 0 radical (unpaired) electrons.